The second-order valence-corrected chi connectivity index (χ2v) is 17.3. The van der Waals surface area contributed by atoms with Gasteiger partial charge in [-0.3, -0.25) is 4.79 Å². The second-order valence-electron chi connectivity index (χ2n) is 17.3. The maximum absolute atomic E-state index is 13.5. The van der Waals surface area contributed by atoms with Gasteiger partial charge in [0.15, 0.2) is 12.6 Å². The molecule has 14 nitrogen and oxygen atoms in total. The normalized spacial score (nSPS) is 46.9. The van der Waals surface area contributed by atoms with Crippen molar-refractivity contribution in [2.24, 2.45) is 34.5 Å². The minimum Gasteiger partial charge on any atom is -0.497 e. The fourth-order valence-corrected chi connectivity index (χ4v) is 11.8. The van der Waals surface area contributed by atoms with Crippen LogP contribution < -0.4 is 9.47 Å². The van der Waals surface area contributed by atoms with Gasteiger partial charge in [0.05, 0.1) is 33.5 Å². The molecule has 1 aromatic carbocycles. The van der Waals surface area contributed by atoms with E-state index in [1.165, 1.54) is 5.57 Å². The molecule has 18 atom stereocenters. The maximum atomic E-state index is 13.5. The molecule has 0 spiro atoms. The van der Waals surface area contributed by atoms with Crippen LogP contribution >= 0.6 is 0 Å². The molecule has 3 saturated carbocycles. The Hall–Kier alpha value is -2.21. The third-order valence-corrected chi connectivity index (χ3v) is 14.7. The van der Waals surface area contributed by atoms with Gasteiger partial charge in [0.2, 0.25) is 0 Å². The molecule has 2 heterocycles. The van der Waals surface area contributed by atoms with Crippen LogP contribution in [0.2, 0.25) is 0 Å². The first kappa shape index (κ1) is 41.0. The first-order chi connectivity index (χ1) is 26.2. The largest absolute Gasteiger partial charge is 0.497 e. The van der Waals surface area contributed by atoms with Crippen molar-refractivity contribution in [3.8, 4) is 11.5 Å². The number of hydrogen-bond donors (Lipinski definition) is 7. The van der Waals surface area contributed by atoms with Crippen molar-refractivity contribution in [3.05, 3.63) is 35.4 Å². The number of aliphatic hydroxyl groups is 7. The molecule has 1 unspecified atom stereocenters. The number of ketones is 1. The van der Waals surface area contributed by atoms with E-state index in [0.717, 1.165) is 49.2 Å². The first-order valence-corrected chi connectivity index (χ1v) is 19.9. The van der Waals surface area contributed by atoms with Crippen molar-refractivity contribution in [2.75, 3.05) is 27.4 Å². The number of allylic oxidation sites excluding steroid dienone is 1. The van der Waals surface area contributed by atoms with E-state index in [1.807, 2.05) is 18.2 Å². The number of carbonyl (C=O) groups is 1. The molecule has 0 aromatic heterocycles. The molecule has 2 saturated heterocycles. The van der Waals surface area contributed by atoms with Crippen LogP contribution in [0, 0.1) is 34.5 Å². The molecular formula is C41H60O14. The van der Waals surface area contributed by atoms with Gasteiger partial charge in [-0.15, -0.1) is 0 Å². The highest BCUT2D eigenvalue weighted by atomic mass is 16.7. The summed E-state index contributed by atoms with van der Waals surface area (Å²) in [5.41, 5.74) is 2.15. The van der Waals surface area contributed by atoms with Crippen molar-refractivity contribution in [1.82, 2.24) is 0 Å². The van der Waals surface area contributed by atoms with Crippen LogP contribution in [0.25, 0.3) is 0 Å². The Bertz CT molecular complexity index is 1570. The fraction of sp³-hybridized carbons (Fsp3) is 0.780. The van der Waals surface area contributed by atoms with Gasteiger partial charge < -0.3 is 64.2 Å². The SMILES string of the molecule is COc1ccc(OC)c(C2C[C@H]3[C@@H]4CC=C5C[C@@H](O[C@@H]6O[C@H](CO)[C@@H](O[C@@H]7O[C@H](CO)[C@@H](O)[C@H](O)[C@H]7O)[C@H](O)[C@H]6O)CC[C@]5(C)[C@H]4CC[C@]3(C)[C@H]2C(C)=O)c1. The summed E-state index contributed by atoms with van der Waals surface area (Å²) in [6, 6.07) is 5.88. The summed E-state index contributed by atoms with van der Waals surface area (Å²) in [5, 5.41) is 72.9. The summed E-state index contributed by atoms with van der Waals surface area (Å²) in [6.45, 7) is 5.15. The van der Waals surface area contributed by atoms with Crippen LogP contribution in [-0.4, -0.2) is 136 Å². The van der Waals surface area contributed by atoms with E-state index in [2.05, 4.69) is 19.9 Å². The fourth-order valence-electron chi connectivity index (χ4n) is 11.8. The van der Waals surface area contributed by atoms with Crippen LogP contribution in [0.15, 0.2) is 29.8 Å². The van der Waals surface area contributed by atoms with Crippen molar-refractivity contribution in [1.29, 1.82) is 0 Å². The standard InChI is InChI=1S/C41H60O14/c1-19(44)31-25(24-15-21(50-4)7-9-28(24)51-5)16-27-23-8-6-20-14-22(10-12-40(20,2)26(23)11-13-41(27,31)3)52-38-36(49)34(47)37(30(18-43)54-38)55-39-35(48)33(46)32(45)29(17-42)53-39/h6-7,9,15,22-23,25-27,29-39,42-43,45-49H,8,10-14,16-18H2,1-5H3/t22-,23+,25?,26-,27-,29+,30+,31-,32+,33-,34+,35+,36+,37+,38+,39-,40-,41-/m0/s1. The number of methoxy groups -OCH3 is 2. The molecule has 308 valence electrons. The van der Waals surface area contributed by atoms with Gasteiger partial charge in [-0.1, -0.05) is 25.5 Å². The zero-order valence-corrected chi connectivity index (χ0v) is 32.4. The molecular weight excluding hydrogens is 716 g/mol. The molecule has 6 aliphatic rings. The monoisotopic (exact) mass is 776 g/mol. The van der Waals surface area contributed by atoms with Crippen LogP contribution in [0.3, 0.4) is 0 Å². The maximum Gasteiger partial charge on any atom is 0.187 e. The highest BCUT2D eigenvalue weighted by Crippen LogP contribution is 2.69. The molecule has 7 N–H and O–H groups in total. The van der Waals surface area contributed by atoms with E-state index in [0.29, 0.717) is 30.6 Å². The summed E-state index contributed by atoms with van der Waals surface area (Å²) in [7, 11) is 3.33. The lowest BCUT2D eigenvalue weighted by atomic mass is 9.47. The molecule has 5 fully saturated rings. The van der Waals surface area contributed by atoms with Gasteiger partial charge >= 0.3 is 0 Å². The number of fused-ring (bicyclic) bond motifs is 5. The lowest BCUT2D eigenvalue weighted by Gasteiger charge is -2.58. The predicted molar refractivity (Wildman–Crippen MR) is 195 cm³/mol. The lowest BCUT2D eigenvalue weighted by Crippen LogP contribution is -2.65. The summed E-state index contributed by atoms with van der Waals surface area (Å²) >= 11 is 0. The quantitative estimate of drug-likeness (QED) is 0.168. The van der Waals surface area contributed by atoms with Crippen molar-refractivity contribution < 1.29 is 69.0 Å². The number of ether oxygens (including phenoxy) is 6. The average Bonchev–Trinajstić information content (AvgIpc) is 3.50. The zero-order valence-electron chi connectivity index (χ0n) is 32.4. The number of rotatable bonds is 10. The Labute approximate surface area is 322 Å². The third kappa shape index (κ3) is 6.96. The van der Waals surface area contributed by atoms with E-state index >= 15 is 0 Å². The van der Waals surface area contributed by atoms with E-state index in [9.17, 15) is 40.5 Å². The van der Waals surface area contributed by atoms with Gasteiger partial charge in [-0.05, 0) is 105 Å². The van der Waals surface area contributed by atoms with Crippen molar-refractivity contribution >= 4 is 5.78 Å². The van der Waals surface area contributed by atoms with E-state index in [1.54, 1.807) is 21.1 Å². The molecule has 7 rings (SSSR count). The molecule has 14 heteroatoms. The Kier molecular flexibility index (Phi) is 11.8. The van der Waals surface area contributed by atoms with Crippen LogP contribution in [0.5, 0.6) is 11.5 Å². The summed E-state index contributed by atoms with van der Waals surface area (Å²) in [4.78, 5) is 13.5. The minimum atomic E-state index is -1.74. The average molecular weight is 777 g/mol. The van der Waals surface area contributed by atoms with Gasteiger partial charge in [0.1, 0.15) is 66.1 Å². The Morgan fingerprint density at radius 3 is 2.20 bits per heavy atom. The van der Waals surface area contributed by atoms with Gasteiger partial charge in [0, 0.05) is 11.5 Å². The number of Topliss-reactive ketones (excluding diaryl/α,β-unsaturated/α-hetero) is 1. The molecule has 0 amide bonds. The first-order valence-electron chi connectivity index (χ1n) is 19.9. The zero-order chi connectivity index (χ0) is 39.6. The van der Waals surface area contributed by atoms with E-state index in [-0.39, 0.29) is 34.6 Å². The smallest absolute Gasteiger partial charge is 0.187 e. The number of carbonyl (C=O) groups excluding carboxylic acids is 1. The van der Waals surface area contributed by atoms with Crippen LogP contribution in [0.4, 0.5) is 0 Å². The topological polar surface area (TPSA) is 214 Å². The second kappa shape index (κ2) is 15.9. The van der Waals surface area contributed by atoms with Crippen LogP contribution in [0.1, 0.15) is 77.2 Å². The third-order valence-electron chi connectivity index (χ3n) is 14.7. The predicted octanol–water partition coefficient (Wildman–Crippen LogP) is 1.57. The van der Waals surface area contributed by atoms with Crippen LogP contribution in [-0.2, 0) is 23.7 Å². The van der Waals surface area contributed by atoms with E-state index in [4.69, 9.17) is 28.4 Å². The number of benzene rings is 1. The van der Waals surface area contributed by atoms with Crippen molar-refractivity contribution in [2.45, 2.75) is 139 Å². The molecule has 1 aromatic rings. The van der Waals surface area contributed by atoms with Crippen molar-refractivity contribution in [3.63, 3.8) is 0 Å². The van der Waals surface area contributed by atoms with Gasteiger partial charge in [-0.2, -0.15) is 0 Å². The molecule has 0 radical (unpaired) electrons. The summed E-state index contributed by atoms with van der Waals surface area (Å²) in [5.74, 6) is 2.87. The molecule has 2 aliphatic heterocycles. The Balaban J connectivity index is 1.04. The Morgan fingerprint density at radius 2 is 1.53 bits per heavy atom. The highest BCUT2D eigenvalue weighted by Gasteiger charge is 2.63. The molecule has 4 aliphatic carbocycles. The molecule has 55 heavy (non-hydrogen) atoms. The molecule has 0 bridgehead atoms. The summed E-state index contributed by atoms with van der Waals surface area (Å²) in [6.07, 6.45) is -6.96. The lowest BCUT2D eigenvalue weighted by molar-refractivity contribution is -0.363. The number of aliphatic hydroxyl groups excluding tert-OH is 7. The summed E-state index contributed by atoms with van der Waals surface area (Å²) < 4.78 is 34.9. The van der Waals surface area contributed by atoms with Gasteiger partial charge in [-0.25, -0.2) is 0 Å². The van der Waals surface area contributed by atoms with E-state index < -0.39 is 74.6 Å². The highest BCUT2D eigenvalue weighted by molar-refractivity contribution is 5.81. The minimum absolute atomic E-state index is 0.0286. The Morgan fingerprint density at radius 1 is 0.836 bits per heavy atom. The number of hydrogen-bond acceptors (Lipinski definition) is 14. The van der Waals surface area contributed by atoms with Gasteiger partial charge in [0.25, 0.3) is 0 Å².